The average Bonchev–Trinajstić information content (AvgIpc) is 2.73. The Morgan fingerprint density at radius 1 is 1.25 bits per heavy atom. The summed E-state index contributed by atoms with van der Waals surface area (Å²) in [6.45, 7) is 10.0. The van der Waals surface area contributed by atoms with E-state index < -0.39 is 22.9 Å². The van der Waals surface area contributed by atoms with E-state index in [1.54, 1.807) is 0 Å². The van der Waals surface area contributed by atoms with E-state index >= 15 is 0 Å². The van der Waals surface area contributed by atoms with Gasteiger partial charge in [0.05, 0.1) is 11.3 Å². The summed E-state index contributed by atoms with van der Waals surface area (Å²) in [6.07, 6.45) is 7.92. The first-order chi connectivity index (χ1) is 11.1. The number of ether oxygens (including phenoxy) is 1. The molecule has 1 heterocycles. The van der Waals surface area contributed by atoms with Crippen LogP contribution in [0.25, 0.3) is 0 Å². The van der Waals surface area contributed by atoms with Crippen LogP contribution in [0.4, 0.5) is 0 Å². The Hall–Kier alpha value is -1.42. The zero-order chi connectivity index (χ0) is 17.5. The van der Waals surface area contributed by atoms with Crippen LogP contribution in [0.1, 0.15) is 52.9 Å². The summed E-state index contributed by atoms with van der Waals surface area (Å²) in [4.78, 5) is 26.2. The van der Waals surface area contributed by atoms with Gasteiger partial charge in [0, 0.05) is 16.9 Å². The van der Waals surface area contributed by atoms with E-state index in [1.807, 2.05) is 19.1 Å². The van der Waals surface area contributed by atoms with E-state index in [9.17, 15) is 14.7 Å². The summed E-state index contributed by atoms with van der Waals surface area (Å²) in [6, 6.07) is 0. The SMILES string of the molecule is C=C[C@]1(C)C=C2C(=O)[C@]3(O)OC(=O)[C@@]4(CCCC(C)(C)[C@@H]43)[C@H]2CC1. The maximum Gasteiger partial charge on any atom is 0.316 e. The minimum Gasteiger partial charge on any atom is -0.424 e. The maximum absolute atomic E-state index is 13.2. The smallest absolute Gasteiger partial charge is 0.316 e. The highest BCUT2D eigenvalue weighted by molar-refractivity contribution is 6.08. The summed E-state index contributed by atoms with van der Waals surface area (Å²) in [7, 11) is 0. The summed E-state index contributed by atoms with van der Waals surface area (Å²) in [5, 5.41) is 11.2. The largest absolute Gasteiger partial charge is 0.424 e. The maximum atomic E-state index is 13.2. The number of fused-ring (bicyclic) bond motifs is 1. The first kappa shape index (κ1) is 16.1. The number of allylic oxidation sites excluding steroid dienone is 2. The molecule has 0 aromatic carbocycles. The Balaban J connectivity index is 1.96. The molecular formula is C20H26O4. The van der Waals surface area contributed by atoms with E-state index in [1.165, 1.54) is 0 Å². The first-order valence-electron chi connectivity index (χ1n) is 8.98. The van der Waals surface area contributed by atoms with Gasteiger partial charge in [-0.25, -0.2) is 0 Å². The highest BCUT2D eigenvalue weighted by atomic mass is 16.7. The van der Waals surface area contributed by atoms with Crippen molar-refractivity contribution < 1.29 is 19.4 Å². The Morgan fingerprint density at radius 3 is 2.62 bits per heavy atom. The Kier molecular flexibility index (Phi) is 2.95. The second-order valence-corrected chi connectivity index (χ2v) is 9.13. The number of hydrogen-bond donors (Lipinski definition) is 1. The van der Waals surface area contributed by atoms with Crippen LogP contribution in [0.5, 0.6) is 0 Å². The lowest BCUT2D eigenvalue weighted by atomic mass is 9.44. The van der Waals surface area contributed by atoms with Crippen molar-refractivity contribution in [3.05, 3.63) is 24.3 Å². The van der Waals surface area contributed by atoms with Crippen LogP contribution in [0.15, 0.2) is 24.3 Å². The van der Waals surface area contributed by atoms with Crippen molar-refractivity contribution in [1.82, 2.24) is 0 Å². The lowest BCUT2D eigenvalue weighted by molar-refractivity contribution is -0.221. The number of ketones is 1. The standard InChI is InChI=1S/C20H26O4/c1-5-18(4)10-7-13-12(11-18)14(21)20(23)15-17(2,3)8-6-9-19(13,15)16(22)24-20/h5,11,13,15,23H,1,6-10H2,2-4H3/t13-,15-,18-,19-,20-/m0/s1. The Morgan fingerprint density at radius 2 is 1.96 bits per heavy atom. The number of Topliss-reactive ketones (excluding diaryl/α,β-unsaturated/α-hetero) is 1. The van der Waals surface area contributed by atoms with Crippen molar-refractivity contribution in [1.29, 1.82) is 0 Å². The van der Waals surface area contributed by atoms with Gasteiger partial charge < -0.3 is 9.84 Å². The van der Waals surface area contributed by atoms with Gasteiger partial charge in [-0.15, -0.1) is 6.58 Å². The van der Waals surface area contributed by atoms with Crippen LogP contribution in [0.3, 0.4) is 0 Å². The Labute approximate surface area is 143 Å². The number of carbonyl (C=O) groups is 2. The van der Waals surface area contributed by atoms with Gasteiger partial charge in [0.15, 0.2) is 0 Å². The van der Waals surface area contributed by atoms with Crippen LogP contribution in [-0.2, 0) is 14.3 Å². The molecule has 0 spiro atoms. The van der Waals surface area contributed by atoms with Gasteiger partial charge in [-0.05, 0) is 31.1 Å². The molecule has 4 rings (SSSR count). The fourth-order valence-electron chi connectivity index (χ4n) is 6.18. The molecule has 24 heavy (non-hydrogen) atoms. The molecular weight excluding hydrogens is 304 g/mol. The van der Waals surface area contributed by atoms with Gasteiger partial charge in [0.25, 0.3) is 5.79 Å². The molecule has 4 aliphatic rings. The summed E-state index contributed by atoms with van der Waals surface area (Å²) in [5.41, 5.74) is -0.738. The summed E-state index contributed by atoms with van der Waals surface area (Å²) >= 11 is 0. The third-order valence-electron chi connectivity index (χ3n) is 7.24. The predicted octanol–water partition coefficient (Wildman–Crippen LogP) is 3.16. The molecule has 0 unspecified atom stereocenters. The number of rotatable bonds is 1. The van der Waals surface area contributed by atoms with Crippen LogP contribution in [0.2, 0.25) is 0 Å². The average molecular weight is 330 g/mol. The lowest BCUT2D eigenvalue weighted by Gasteiger charge is -2.56. The lowest BCUT2D eigenvalue weighted by Crippen LogP contribution is -2.63. The molecule has 3 aliphatic carbocycles. The molecule has 2 bridgehead atoms. The van der Waals surface area contributed by atoms with E-state index in [-0.39, 0.29) is 22.7 Å². The molecule has 0 aromatic rings. The topological polar surface area (TPSA) is 63.6 Å². The van der Waals surface area contributed by atoms with E-state index in [4.69, 9.17) is 4.74 Å². The molecule has 130 valence electrons. The highest BCUT2D eigenvalue weighted by Crippen LogP contribution is 2.69. The zero-order valence-corrected chi connectivity index (χ0v) is 14.7. The third kappa shape index (κ3) is 1.63. The van der Waals surface area contributed by atoms with Crippen molar-refractivity contribution in [2.45, 2.75) is 58.7 Å². The highest BCUT2D eigenvalue weighted by Gasteiger charge is 2.78. The number of aliphatic hydroxyl groups is 1. The van der Waals surface area contributed by atoms with Crippen molar-refractivity contribution in [2.75, 3.05) is 0 Å². The minimum atomic E-state index is -2.00. The summed E-state index contributed by atoms with van der Waals surface area (Å²) < 4.78 is 5.45. The van der Waals surface area contributed by atoms with Gasteiger partial charge in [0.2, 0.25) is 5.78 Å². The molecule has 1 aliphatic heterocycles. The fourth-order valence-corrected chi connectivity index (χ4v) is 6.18. The van der Waals surface area contributed by atoms with Crippen molar-refractivity contribution in [3.63, 3.8) is 0 Å². The van der Waals surface area contributed by atoms with E-state index in [0.717, 1.165) is 25.7 Å². The van der Waals surface area contributed by atoms with E-state index in [2.05, 4.69) is 20.4 Å². The van der Waals surface area contributed by atoms with Crippen molar-refractivity contribution in [2.24, 2.45) is 28.1 Å². The molecule has 2 saturated carbocycles. The molecule has 4 heteroatoms. The van der Waals surface area contributed by atoms with Crippen LogP contribution in [0, 0.1) is 28.1 Å². The zero-order valence-electron chi connectivity index (χ0n) is 14.7. The van der Waals surface area contributed by atoms with Gasteiger partial charge in [-0.2, -0.15) is 0 Å². The number of hydrogen-bond acceptors (Lipinski definition) is 4. The molecule has 1 saturated heterocycles. The predicted molar refractivity (Wildman–Crippen MR) is 88.7 cm³/mol. The fraction of sp³-hybridized carbons (Fsp3) is 0.700. The molecule has 5 atom stereocenters. The second kappa shape index (κ2) is 4.40. The van der Waals surface area contributed by atoms with Gasteiger partial charge in [-0.3, -0.25) is 9.59 Å². The number of carbonyl (C=O) groups excluding carboxylic acids is 2. The molecule has 0 radical (unpaired) electrons. The molecule has 0 amide bonds. The summed E-state index contributed by atoms with van der Waals surface area (Å²) in [5.74, 6) is -3.37. The van der Waals surface area contributed by atoms with Gasteiger partial charge in [0.1, 0.15) is 0 Å². The monoisotopic (exact) mass is 330 g/mol. The van der Waals surface area contributed by atoms with Crippen LogP contribution >= 0.6 is 0 Å². The quantitative estimate of drug-likeness (QED) is 0.592. The molecule has 0 aromatic heterocycles. The normalized spacial score (nSPS) is 48.9. The first-order valence-corrected chi connectivity index (χ1v) is 8.98. The molecule has 4 nitrogen and oxygen atoms in total. The second-order valence-electron chi connectivity index (χ2n) is 9.13. The third-order valence-corrected chi connectivity index (χ3v) is 7.24. The van der Waals surface area contributed by atoms with Gasteiger partial charge >= 0.3 is 5.97 Å². The van der Waals surface area contributed by atoms with E-state index in [0.29, 0.717) is 12.0 Å². The van der Waals surface area contributed by atoms with Crippen molar-refractivity contribution >= 4 is 11.8 Å². The molecule has 3 fully saturated rings. The van der Waals surface area contributed by atoms with Crippen molar-refractivity contribution in [3.8, 4) is 0 Å². The molecule has 1 N–H and O–H groups in total. The van der Waals surface area contributed by atoms with Crippen LogP contribution in [-0.4, -0.2) is 22.6 Å². The van der Waals surface area contributed by atoms with Gasteiger partial charge in [-0.1, -0.05) is 39.3 Å². The minimum absolute atomic E-state index is 0.141. The number of esters is 1. The van der Waals surface area contributed by atoms with Crippen LogP contribution < -0.4 is 0 Å². The Bertz CT molecular complexity index is 690.